The van der Waals surface area contributed by atoms with Crippen LogP contribution in [0.1, 0.15) is 30.5 Å². The first-order valence-electron chi connectivity index (χ1n) is 8.05. The van der Waals surface area contributed by atoms with Gasteiger partial charge in [0.15, 0.2) is 0 Å². The summed E-state index contributed by atoms with van der Waals surface area (Å²) in [5.41, 5.74) is 2.80. The molecular weight excluding hydrogens is 380 g/mol. The van der Waals surface area contributed by atoms with Crippen molar-refractivity contribution in [2.45, 2.75) is 25.8 Å². The van der Waals surface area contributed by atoms with Crippen LogP contribution in [-0.2, 0) is 16.0 Å². The molecular formula is C20H21BrN2O2. The fourth-order valence-corrected chi connectivity index (χ4v) is 3.05. The molecule has 5 heteroatoms. The Balaban J connectivity index is 1.84. The number of carbonyl (C=O) groups is 2. The molecule has 0 heterocycles. The normalized spacial score (nSPS) is 11.4. The average Bonchev–Trinajstić information content (AvgIpc) is 2.61. The molecule has 0 radical (unpaired) electrons. The lowest BCUT2D eigenvalue weighted by atomic mass is 10.1. The van der Waals surface area contributed by atoms with E-state index >= 15 is 0 Å². The number of carbonyl (C=O) groups excluding carboxylic acids is 2. The second-order valence-corrected chi connectivity index (χ2v) is 6.56. The van der Waals surface area contributed by atoms with Crippen LogP contribution >= 0.6 is 15.9 Å². The third kappa shape index (κ3) is 5.87. The maximum Gasteiger partial charge on any atom is 0.247 e. The van der Waals surface area contributed by atoms with E-state index in [1.165, 1.54) is 6.08 Å². The van der Waals surface area contributed by atoms with E-state index in [9.17, 15) is 9.59 Å². The first-order valence-corrected chi connectivity index (χ1v) is 8.85. The zero-order chi connectivity index (χ0) is 18.2. The van der Waals surface area contributed by atoms with E-state index < -0.39 is 0 Å². The molecule has 2 N–H and O–H groups in total. The van der Waals surface area contributed by atoms with Crippen molar-refractivity contribution in [2.75, 3.05) is 5.32 Å². The molecule has 2 rings (SSSR count). The molecule has 2 aromatic rings. The van der Waals surface area contributed by atoms with Gasteiger partial charge in [0.25, 0.3) is 0 Å². The van der Waals surface area contributed by atoms with Crippen molar-refractivity contribution in [2.24, 2.45) is 0 Å². The summed E-state index contributed by atoms with van der Waals surface area (Å²) in [5.74, 6) is -0.236. The van der Waals surface area contributed by atoms with E-state index in [0.29, 0.717) is 18.5 Å². The summed E-state index contributed by atoms with van der Waals surface area (Å²) >= 11 is 3.50. The van der Waals surface area contributed by atoms with Gasteiger partial charge in [-0.05, 0) is 48.7 Å². The smallest absolute Gasteiger partial charge is 0.247 e. The highest BCUT2D eigenvalue weighted by molar-refractivity contribution is 9.10. The average molecular weight is 401 g/mol. The molecule has 25 heavy (non-hydrogen) atoms. The lowest BCUT2D eigenvalue weighted by Crippen LogP contribution is -2.27. The molecule has 0 aliphatic rings. The van der Waals surface area contributed by atoms with Crippen LogP contribution in [0.5, 0.6) is 0 Å². The minimum atomic E-state index is -0.242. The fraction of sp³-hybridized carbons (Fsp3) is 0.200. The van der Waals surface area contributed by atoms with Crippen molar-refractivity contribution in [1.82, 2.24) is 5.32 Å². The molecule has 0 aliphatic heterocycles. The van der Waals surface area contributed by atoms with Gasteiger partial charge in [-0.1, -0.05) is 52.8 Å². The second-order valence-electron chi connectivity index (χ2n) is 5.70. The molecule has 0 bridgehead atoms. The predicted molar refractivity (Wildman–Crippen MR) is 104 cm³/mol. The van der Waals surface area contributed by atoms with Gasteiger partial charge in [-0.3, -0.25) is 9.59 Å². The monoisotopic (exact) mass is 400 g/mol. The van der Waals surface area contributed by atoms with Gasteiger partial charge in [-0.25, -0.2) is 0 Å². The molecule has 0 saturated carbocycles. The Morgan fingerprint density at radius 1 is 1.16 bits per heavy atom. The van der Waals surface area contributed by atoms with Crippen molar-refractivity contribution < 1.29 is 9.59 Å². The van der Waals surface area contributed by atoms with Gasteiger partial charge in [0.05, 0.1) is 6.04 Å². The summed E-state index contributed by atoms with van der Waals surface area (Å²) in [7, 11) is 0. The molecule has 0 fully saturated rings. The van der Waals surface area contributed by atoms with Gasteiger partial charge in [0.2, 0.25) is 11.8 Å². The van der Waals surface area contributed by atoms with E-state index in [1.807, 2.05) is 55.5 Å². The number of rotatable bonds is 7. The summed E-state index contributed by atoms with van der Waals surface area (Å²) in [4.78, 5) is 23.4. The van der Waals surface area contributed by atoms with Gasteiger partial charge in [0.1, 0.15) is 0 Å². The van der Waals surface area contributed by atoms with Crippen LogP contribution in [0, 0.1) is 0 Å². The molecule has 130 valence electrons. The predicted octanol–water partition coefficient (Wildman–Crippen LogP) is 4.38. The molecule has 1 unspecified atom stereocenters. The summed E-state index contributed by atoms with van der Waals surface area (Å²) in [5, 5.41) is 5.71. The molecule has 0 saturated heterocycles. The van der Waals surface area contributed by atoms with Crippen molar-refractivity contribution in [3.8, 4) is 0 Å². The molecule has 2 amide bonds. The maximum absolute atomic E-state index is 12.2. The fourth-order valence-electron chi connectivity index (χ4n) is 2.42. The summed E-state index contributed by atoms with van der Waals surface area (Å²) in [6.45, 7) is 5.38. The zero-order valence-electron chi connectivity index (χ0n) is 14.1. The van der Waals surface area contributed by atoms with Gasteiger partial charge >= 0.3 is 0 Å². The Labute approximate surface area is 156 Å². The van der Waals surface area contributed by atoms with E-state index in [1.54, 1.807) is 0 Å². The number of anilines is 1. The van der Waals surface area contributed by atoms with Gasteiger partial charge in [-0.15, -0.1) is 0 Å². The molecule has 0 spiro atoms. The van der Waals surface area contributed by atoms with Crippen molar-refractivity contribution in [3.63, 3.8) is 0 Å². The van der Waals surface area contributed by atoms with Crippen LogP contribution < -0.4 is 10.6 Å². The topological polar surface area (TPSA) is 58.2 Å². The number of halogens is 1. The van der Waals surface area contributed by atoms with Crippen LogP contribution in [0.4, 0.5) is 5.69 Å². The van der Waals surface area contributed by atoms with Crippen molar-refractivity contribution in [3.05, 3.63) is 76.8 Å². The Kier molecular flexibility index (Phi) is 6.95. The standard InChI is InChI=1S/C20H21BrN2O2/c1-3-19(24)23-16-11-8-15(9-12-16)10-13-20(25)22-14(2)17-6-4-5-7-18(17)21/h3-9,11-12,14H,1,10,13H2,2H3,(H,22,25)(H,23,24). The van der Waals surface area contributed by atoms with Crippen LogP contribution in [0.3, 0.4) is 0 Å². The van der Waals surface area contributed by atoms with E-state index in [4.69, 9.17) is 0 Å². The highest BCUT2D eigenvalue weighted by atomic mass is 79.9. The third-order valence-corrected chi connectivity index (χ3v) is 4.52. The Bertz CT molecular complexity index is 757. The lowest BCUT2D eigenvalue weighted by molar-refractivity contribution is -0.121. The van der Waals surface area contributed by atoms with Gasteiger partial charge < -0.3 is 10.6 Å². The molecule has 4 nitrogen and oxygen atoms in total. The Morgan fingerprint density at radius 3 is 2.48 bits per heavy atom. The second kappa shape index (κ2) is 9.18. The number of amides is 2. The first kappa shape index (κ1) is 18.9. The van der Waals surface area contributed by atoms with E-state index in [-0.39, 0.29) is 17.9 Å². The molecule has 2 aromatic carbocycles. The summed E-state index contributed by atoms with van der Waals surface area (Å²) < 4.78 is 0.986. The van der Waals surface area contributed by atoms with Gasteiger partial charge in [-0.2, -0.15) is 0 Å². The quantitative estimate of drug-likeness (QED) is 0.677. The summed E-state index contributed by atoms with van der Waals surface area (Å²) in [6, 6.07) is 15.2. The number of aryl methyl sites for hydroxylation is 1. The van der Waals surface area contributed by atoms with Crippen LogP contribution in [-0.4, -0.2) is 11.8 Å². The largest absolute Gasteiger partial charge is 0.350 e. The number of hydrogen-bond donors (Lipinski definition) is 2. The Hall–Kier alpha value is -2.40. The molecule has 0 aromatic heterocycles. The number of nitrogens with one attached hydrogen (secondary N) is 2. The zero-order valence-corrected chi connectivity index (χ0v) is 15.7. The van der Waals surface area contributed by atoms with Crippen LogP contribution in [0.25, 0.3) is 0 Å². The SMILES string of the molecule is C=CC(=O)Nc1ccc(CCC(=O)NC(C)c2ccccc2Br)cc1. The highest BCUT2D eigenvalue weighted by Crippen LogP contribution is 2.22. The minimum Gasteiger partial charge on any atom is -0.350 e. The summed E-state index contributed by atoms with van der Waals surface area (Å²) in [6.07, 6.45) is 2.28. The van der Waals surface area contributed by atoms with E-state index in [0.717, 1.165) is 15.6 Å². The van der Waals surface area contributed by atoms with Gasteiger partial charge in [0, 0.05) is 16.6 Å². The van der Waals surface area contributed by atoms with E-state index in [2.05, 4.69) is 33.1 Å². The molecule has 1 atom stereocenters. The third-order valence-electron chi connectivity index (χ3n) is 3.80. The van der Waals surface area contributed by atoms with Crippen molar-refractivity contribution in [1.29, 1.82) is 0 Å². The Morgan fingerprint density at radius 2 is 1.84 bits per heavy atom. The minimum absolute atomic E-state index is 0.00675. The lowest BCUT2D eigenvalue weighted by Gasteiger charge is -2.16. The maximum atomic E-state index is 12.2. The van der Waals surface area contributed by atoms with Crippen LogP contribution in [0.15, 0.2) is 65.7 Å². The molecule has 0 aliphatic carbocycles. The van der Waals surface area contributed by atoms with Crippen molar-refractivity contribution >= 4 is 33.4 Å². The number of hydrogen-bond acceptors (Lipinski definition) is 2. The van der Waals surface area contributed by atoms with Crippen LogP contribution in [0.2, 0.25) is 0 Å². The highest BCUT2D eigenvalue weighted by Gasteiger charge is 2.12. The first-order chi connectivity index (χ1) is 12.0. The number of benzene rings is 2.